The summed E-state index contributed by atoms with van der Waals surface area (Å²) in [7, 11) is 0. The van der Waals surface area contributed by atoms with E-state index in [0.29, 0.717) is 5.75 Å². The number of H-pyrrole nitrogens is 1. The summed E-state index contributed by atoms with van der Waals surface area (Å²) in [6, 6.07) is 6.47. The van der Waals surface area contributed by atoms with Gasteiger partial charge in [-0.25, -0.2) is 4.98 Å². The Balaban J connectivity index is 0.00000200. The third-order valence-corrected chi connectivity index (χ3v) is 2.26. The molecule has 104 valence electrons. The molecule has 0 spiro atoms. The van der Waals surface area contributed by atoms with Crippen LogP contribution in [0.1, 0.15) is 0 Å². The fourth-order valence-corrected chi connectivity index (χ4v) is 1.42. The number of hydrogen-bond donors (Lipinski definition) is 0. The van der Waals surface area contributed by atoms with Crippen molar-refractivity contribution in [3.63, 3.8) is 0 Å². The fraction of sp³-hybridized carbons (Fsp3) is 0. The molecule has 1 N–H and O–H groups in total. The maximum Gasteiger partial charge on any atom is 0.318 e. The second-order valence-electron chi connectivity index (χ2n) is 3.51. The zero-order valence-electron chi connectivity index (χ0n) is 9.86. The third kappa shape index (κ3) is 3.39. The van der Waals surface area contributed by atoms with Gasteiger partial charge >= 0.3 is 5.69 Å². The van der Waals surface area contributed by atoms with E-state index in [1.54, 1.807) is 18.3 Å². The van der Waals surface area contributed by atoms with Gasteiger partial charge in [0.15, 0.2) is 11.9 Å². The summed E-state index contributed by atoms with van der Waals surface area (Å²) in [5.74, 6) is 0.301. The van der Waals surface area contributed by atoms with E-state index in [0.717, 1.165) is 12.1 Å². The summed E-state index contributed by atoms with van der Waals surface area (Å²) in [5.41, 5.74) is -0.822. The number of nitro benzene ring substituents is 2. The molecule has 0 saturated carbocycles. The molecule has 0 saturated heterocycles. The minimum atomic E-state index is -0.727. The van der Waals surface area contributed by atoms with E-state index in [4.69, 9.17) is 4.74 Å². The van der Waals surface area contributed by atoms with Gasteiger partial charge in [-0.05, 0) is 12.1 Å². The Morgan fingerprint density at radius 3 is 2.40 bits per heavy atom. The minimum absolute atomic E-state index is 0. The van der Waals surface area contributed by atoms with Crippen LogP contribution in [0.4, 0.5) is 11.4 Å². The van der Waals surface area contributed by atoms with E-state index in [2.05, 4.69) is 4.98 Å². The molecular weight excluding hydrogens is 290 g/mol. The standard InChI is InChI=1S/C11H7N3O5.ClH/c15-13(16)8-3-4-11(10(6-8)14(17)18)19-9-2-1-5-12-7-9;/h1-7H;1H. The number of nitro groups is 2. The van der Waals surface area contributed by atoms with Crippen molar-refractivity contribution in [3.05, 3.63) is 63.0 Å². The van der Waals surface area contributed by atoms with Crippen LogP contribution in [0.15, 0.2) is 42.7 Å². The number of benzene rings is 1. The number of halogens is 1. The van der Waals surface area contributed by atoms with E-state index in [9.17, 15) is 20.2 Å². The highest BCUT2D eigenvalue weighted by atomic mass is 35.5. The molecule has 0 bridgehead atoms. The van der Waals surface area contributed by atoms with Crippen molar-refractivity contribution < 1.29 is 32.0 Å². The van der Waals surface area contributed by atoms with E-state index in [1.165, 1.54) is 12.3 Å². The maximum absolute atomic E-state index is 10.9. The number of aromatic amines is 1. The summed E-state index contributed by atoms with van der Waals surface area (Å²) in [6.45, 7) is 0. The lowest BCUT2D eigenvalue weighted by molar-refractivity contribution is -0.394. The fourth-order valence-electron chi connectivity index (χ4n) is 1.42. The van der Waals surface area contributed by atoms with Crippen molar-refractivity contribution in [2.45, 2.75) is 0 Å². The molecule has 0 radical (unpaired) electrons. The molecule has 1 aromatic heterocycles. The lowest BCUT2D eigenvalue weighted by Gasteiger charge is -2.03. The molecule has 1 heterocycles. The number of pyridine rings is 1. The van der Waals surface area contributed by atoms with Crippen molar-refractivity contribution in [1.82, 2.24) is 0 Å². The molecule has 1 aromatic carbocycles. The quantitative estimate of drug-likeness (QED) is 0.537. The second-order valence-corrected chi connectivity index (χ2v) is 3.51. The summed E-state index contributed by atoms with van der Waals surface area (Å²) < 4.78 is 5.31. The summed E-state index contributed by atoms with van der Waals surface area (Å²) >= 11 is 0. The minimum Gasteiger partial charge on any atom is -1.00 e. The van der Waals surface area contributed by atoms with Crippen LogP contribution in [-0.4, -0.2) is 9.85 Å². The second kappa shape index (κ2) is 6.43. The normalized spacial score (nSPS) is 9.40. The molecule has 20 heavy (non-hydrogen) atoms. The van der Waals surface area contributed by atoms with Crippen LogP contribution in [0.5, 0.6) is 11.5 Å². The molecule has 0 fully saturated rings. The Hall–Kier alpha value is -2.74. The van der Waals surface area contributed by atoms with Gasteiger partial charge in [-0.2, -0.15) is 0 Å². The Kier molecular flexibility index (Phi) is 4.93. The highest BCUT2D eigenvalue weighted by Crippen LogP contribution is 2.33. The van der Waals surface area contributed by atoms with Gasteiger partial charge in [0.2, 0.25) is 11.9 Å². The number of rotatable bonds is 4. The Bertz CT molecular complexity index is 635. The molecule has 9 heteroatoms. The highest BCUT2D eigenvalue weighted by molar-refractivity contribution is 5.54. The van der Waals surface area contributed by atoms with Crippen molar-refractivity contribution >= 4 is 11.4 Å². The molecule has 0 amide bonds. The van der Waals surface area contributed by atoms with Gasteiger partial charge in [-0.1, -0.05) is 0 Å². The summed E-state index contributed by atoms with van der Waals surface area (Å²) in [4.78, 5) is 22.8. The van der Waals surface area contributed by atoms with Crippen molar-refractivity contribution in [3.8, 4) is 11.5 Å². The molecule has 0 aliphatic carbocycles. The van der Waals surface area contributed by atoms with Crippen LogP contribution >= 0.6 is 0 Å². The first kappa shape index (κ1) is 15.3. The van der Waals surface area contributed by atoms with Crippen LogP contribution in [0.25, 0.3) is 0 Å². The van der Waals surface area contributed by atoms with Crippen LogP contribution in [0.3, 0.4) is 0 Å². The first-order chi connectivity index (χ1) is 9.08. The largest absolute Gasteiger partial charge is 1.00 e. The van der Waals surface area contributed by atoms with E-state index in [1.807, 2.05) is 0 Å². The van der Waals surface area contributed by atoms with Gasteiger partial charge in [0.1, 0.15) is 0 Å². The van der Waals surface area contributed by atoms with Crippen LogP contribution in [-0.2, 0) is 0 Å². The number of nitrogens with one attached hydrogen (secondary N) is 1. The molecule has 0 atom stereocenters. The molecule has 8 nitrogen and oxygen atoms in total. The number of aromatic nitrogens is 1. The average Bonchev–Trinajstić information content (AvgIpc) is 2.39. The molecule has 2 rings (SSSR count). The SMILES string of the molecule is O=[N+]([O-])c1ccc(Oc2ccc[nH+]c2)c([N+](=O)[O-])c1.[Cl-]. The number of non-ortho nitro benzene ring substituents is 1. The maximum atomic E-state index is 10.9. The Labute approximate surface area is 118 Å². The van der Waals surface area contributed by atoms with Crippen LogP contribution in [0, 0.1) is 20.2 Å². The Morgan fingerprint density at radius 2 is 1.85 bits per heavy atom. The molecular formula is C11H8ClN3O5. The van der Waals surface area contributed by atoms with Gasteiger partial charge in [-0.3, -0.25) is 20.2 Å². The average molecular weight is 298 g/mol. The third-order valence-electron chi connectivity index (χ3n) is 2.26. The first-order valence-corrected chi connectivity index (χ1v) is 5.15. The number of ether oxygens (including phenoxy) is 1. The van der Waals surface area contributed by atoms with Crippen molar-refractivity contribution in [1.29, 1.82) is 0 Å². The van der Waals surface area contributed by atoms with Gasteiger partial charge < -0.3 is 17.1 Å². The summed E-state index contributed by atoms with van der Waals surface area (Å²) in [6.07, 6.45) is 3.16. The van der Waals surface area contributed by atoms with Crippen molar-refractivity contribution in [2.75, 3.05) is 0 Å². The predicted octanol–water partition coefficient (Wildman–Crippen LogP) is -0.887. The lowest BCUT2D eigenvalue weighted by atomic mass is 10.2. The monoisotopic (exact) mass is 297 g/mol. The van der Waals surface area contributed by atoms with E-state index < -0.39 is 15.5 Å². The Morgan fingerprint density at radius 1 is 1.10 bits per heavy atom. The van der Waals surface area contributed by atoms with E-state index >= 15 is 0 Å². The molecule has 0 unspecified atom stereocenters. The van der Waals surface area contributed by atoms with Crippen LogP contribution < -0.4 is 22.1 Å². The van der Waals surface area contributed by atoms with Gasteiger partial charge in [0, 0.05) is 12.1 Å². The van der Waals surface area contributed by atoms with E-state index in [-0.39, 0.29) is 23.8 Å². The van der Waals surface area contributed by atoms with Gasteiger partial charge in [0.25, 0.3) is 5.69 Å². The summed E-state index contributed by atoms with van der Waals surface area (Å²) in [5, 5.41) is 21.5. The van der Waals surface area contributed by atoms with Crippen molar-refractivity contribution in [2.24, 2.45) is 0 Å². The zero-order chi connectivity index (χ0) is 13.8. The zero-order valence-corrected chi connectivity index (χ0v) is 10.6. The molecule has 2 aromatic rings. The number of nitrogens with zero attached hydrogens (tertiary/aromatic N) is 2. The molecule has 0 aliphatic rings. The predicted molar refractivity (Wildman–Crippen MR) is 62.8 cm³/mol. The molecule has 0 aliphatic heterocycles. The van der Waals surface area contributed by atoms with Gasteiger partial charge in [0.05, 0.1) is 15.9 Å². The van der Waals surface area contributed by atoms with Gasteiger partial charge in [-0.15, -0.1) is 0 Å². The highest BCUT2D eigenvalue weighted by Gasteiger charge is 2.21. The first-order valence-electron chi connectivity index (χ1n) is 5.15. The smallest absolute Gasteiger partial charge is 0.318 e. The lowest BCUT2D eigenvalue weighted by Crippen LogP contribution is -3.00. The van der Waals surface area contributed by atoms with Crippen LogP contribution in [0.2, 0.25) is 0 Å². The number of hydrogen-bond acceptors (Lipinski definition) is 5. The topological polar surface area (TPSA) is 110 Å².